The van der Waals surface area contributed by atoms with E-state index in [0.29, 0.717) is 5.92 Å². The van der Waals surface area contributed by atoms with Crippen molar-refractivity contribution < 1.29 is 0 Å². The molecule has 0 fully saturated rings. The highest BCUT2D eigenvalue weighted by molar-refractivity contribution is 5.78. The lowest BCUT2D eigenvalue weighted by molar-refractivity contribution is 0.735. The zero-order valence-corrected chi connectivity index (χ0v) is 37.4. The second kappa shape index (κ2) is 24.9. The average molecular weight is 777 g/mol. The van der Waals surface area contributed by atoms with Crippen molar-refractivity contribution in [2.75, 3.05) is 0 Å². The van der Waals surface area contributed by atoms with Gasteiger partial charge in [0.25, 0.3) is 0 Å². The van der Waals surface area contributed by atoms with Crippen molar-refractivity contribution >= 4 is 11.1 Å². The van der Waals surface area contributed by atoms with Gasteiger partial charge in [-0.05, 0) is 134 Å². The van der Waals surface area contributed by atoms with E-state index < -0.39 is 0 Å². The minimum absolute atomic E-state index is 0.562. The summed E-state index contributed by atoms with van der Waals surface area (Å²) in [6, 6.07) is 52.2. The van der Waals surface area contributed by atoms with Gasteiger partial charge in [0.1, 0.15) is 0 Å². The van der Waals surface area contributed by atoms with Crippen LogP contribution in [0.15, 0.2) is 182 Å². The van der Waals surface area contributed by atoms with Crippen LogP contribution in [-0.4, -0.2) is 0 Å². The molecule has 0 aromatic heterocycles. The Hall–Kier alpha value is -5.72. The summed E-state index contributed by atoms with van der Waals surface area (Å²) in [7, 11) is 0. The number of hydrogen-bond acceptors (Lipinski definition) is 0. The van der Waals surface area contributed by atoms with E-state index in [1.54, 1.807) is 0 Å². The van der Waals surface area contributed by atoms with Gasteiger partial charge >= 0.3 is 0 Å². The third-order valence-electron chi connectivity index (χ3n) is 10.8. The van der Waals surface area contributed by atoms with Crippen molar-refractivity contribution in [3.05, 3.63) is 227 Å². The van der Waals surface area contributed by atoms with Gasteiger partial charge in [0, 0.05) is 0 Å². The van der Waals surface area contributed by atoms with E-state index >= 15 is 0 Å². The highest BCUT2D eigenvalue weighted by Crippen LogP contribution is 2.36. The Morgan fingerprint density at radius 1 is 0.492 bits per heavy atom. The van der Waals surface area contributed by atoms with Gasteiger partial charge in [0.05, 0.1) is 0 Å². The SMILES string of the molecule is CC.CCC(C)c1ccc(-c2ccc(C)cc2)cc1-c1ccccc1C.Cc1ccc(C2=CC=CCC2)cc1.Cc1ccc(C2=CCCC=C2)cc1.Cc1ccccc1. The molecule has 0 aliphatic heterocycles. The second-order valence-corrected chi connectivity index (χ2v) is 15.5. The predicted molar refractivity (Wildman–Crippen MR) is 263 cm³/mol. The molecule has 6 aromatic rings. The number of allylic oxidation sites excluding steroid dienone is 8. The third kappa shape index (κ3) is 14.9. The predicted octanol–water partition coefficient (Wildman–Crippen LogP) is 17.6. The number of hydrogen-bond donors (Lipinski definition) is 0. The fourth-order valence-corrected chi connectivity index (χ4v) is 6.96. The van der Waals surface area contributed by atoms with Crippen LogP contribution in [0.2, 0.25) is 0 Å². The Morgan fingerprint density at radius 3 is 1.54 bits per heavy atom. The molecule has 2 aliphatic rings. The van der Waals surface area contributed by atoms with Crippen molar-refractivity contribution in [2.24, 2.45) is 0 Å². The fraction of sp³-hybridized carbons (Fsp3) is 0.254. The zero-order chi connectivity index (χ0) is 42.4. The smallest absolute Gasteiger partial charge is 0.0140 e. The second-order valence-electron chi connectivity index (χ2n) is 15.5. The van der Waals surface area contributed by atoms with Gasteiger partial charge < -0.3 is 0 Å². The minimum atomic E-state index is 0.562. The van der Waals surface area contributed by atoms with Crippen LogP contribution >= 0.6 is 0 Å². The fourth-order valence-electron chi connectivity index (χ4n) is 6.96. The number of benzene rings is 6. The molecule has 0 saturated heterocycles. The Kier molecular flexibility index (Phi) is 19.4. The van der Waals surface area contributed by atoms with Gasteiger partial charge in [-0.3, -0.25) is 0 Å². The quantitative estimate of drug-likeness (QED) is 0.158. The van der Waals surface area contributed by atoms with Crippen LogP contribution in [0.3, 0.4) is 0 Å². The molecular formula is C59H68. The number of aryl methyl sites for hydroxylation is 5. The lowest BCUT2D eigenvalue weighted by atomic mass is 9.86. The van der Waals surface area contributed by atoms with Crippen LogP contribution in [0.1, 0.15) is 110 Å². The molecule has 0 heterocycles. The van der Waals surface area contributed by atoms with Crippen molar-refractivity contribution in [1.82, 2.24) is 0 Å². The Labute approximate surface area is 358 Å². The molecule has 6 aromatic carbocycles. The van der Waals surface area contributed by atoms with Gasteiger partial charge in [-0.15, -0.1) is 0 Å². The maximum absolute atomic E-state index is 2.37. The highest BCUT2D eigenvalue weighted by Gasteiger charge is 2.14. The molecule has 59 heavy (non-hydrogen) atoms. The molecule has 1 unspecified atom stereocenters. The van der Waals surface area contributed by atoms with E-state index in [9.17, 15) is 0 Å². The van der Waals surface area contributed by atoms with Crippen LogP contribution in [0.5, 0.6) is 0 Å². The first-order valence-electron chi connectivity index (χ1n) is 21.9. The van der Waals surface area contributed by atoms with Gasteiger partial charge in [-0.25, -0.2) is 0 Å². The van der Waals surface area contributed by atoms with E-state index in [0.717, 1.165) is 6.42 Å². The average Bonchev–Trinajstić information content (AvgIpc) is 3.29. The largest absolute Gasteiger partial charge is 0.0842 e. The van der Waals surface area contributed by atoms with Gasteiger partial charge in [0.2, 0.25) is 0 Å². The molecule has 1 atom stereocenters. The summed E-state index contributed by atoms with van der Waals surface area (Å²) in [5.74, 6) is 0.562. The summed E-state index contributed by atoms with van der Waals surface area (Å²) in [4.78, 5) is 0. The summed E-state index contributed by atoms with van der Waals surface area (Å²) in [6.07, 6.45) is 19.2. The van der Waals surface area contributed by atoms with Crippen LogP contribution < -0.4 is 0 Å². The monoisotopic (exact) mass is 777 g/mol. The summed E-state index contributed by atoms with van der Waals surface area (Å²) in [6.45, 7) is 19.2. The summed E-state index contributed by atoms with van der Waals surface area (Å²) >= 11 is 0. The van der Waals surface area contributed by atoms with Gasteiger partial charge in [-0.1, -0.05) is 226 Å². The maximum atomic E-state index is 2.37. The molecule has 0 N–H and O–H groups in total. The lowest BCUT2D eigenvalue weighted by Crippen LogP contribution is -1.97. The number of rotatable bonds is 6. The van der Waals surface area contributed by atoms with E-state index in [-0.39, 0.29) is 0 Å². The van der Waals surface area contributed by atoms with Crippen LogP contribution in [0.25, 0.3) is 33.4 Å². The zero-order valence-electron chi connectivity index (χ0n) is 37.4. The molecule has 0 amide bonds. The first-order valence-corrected chi connectivity index (χ1v) is 21.9. The lowest BCUT2D eigenvalue weighted by Gasteiger charge is -2.18. The van der Waals surface area contributed by atoms with Gasteiger partial charge in [-0.2, -0.15) is 0 Å². The molecule has 0 heteroatoms. The van der Waals surface area contributed by atoms with Crippen LogP contribution in [-0.2, 0) is 0 Å². The Morgan fingerprint density at radius 2 is 1.03 bits per heavy atom. The van der Waals surface area contributed by atoms with E-state index in [1.165, 1.54) is 104 Å². The summed E-state index contributed by atoms with van der Waals surface area (Å²) in [5, 5.41) is 0. The van der Waals surface area contributed by atoms with Gasteiger partial charge in [0.15, 0.2) is 0 Å². The van der Waals surface area contributed by atoms with Crippen molar-refractivity contribution in [2.45, 2.75) is 100 Å². The minimum Gasteiger partial charge on any atom is -0.0842 e. The molecule has 0 bridgehead atoms. The topological polar surface area (TPSA) is 0 Å². The van der Waals surface area contributed by atoms with Crippen molar-refractivity contribution in [3.63, 3.8) is 0 Å². The Bertz CT molecular complexity index is 2240. The highest BCUT2D eigenvalue weighted by atomic mass is 14.2. The van der Waals surface area contributed by atoms with Crippen LogP contribution in [0.4, 0.5) is 0 Å². The normalized spacial score (nSPS) is 13.0. The first kappa shape index (κ1) is 46.0. The summed E-state index contributed by atoms with van der Waals surface area (Å²) in [5.41, 5.74) is 18.9. The molecule has 304 valence electrons. The van der Waals surface area contributed by atoms with E-state index in [2.05, 4.69) is 212 Å². The molecule has 2 aliphatic carbocycles. The van der Waals surface area contributed by atoms with E-state index in [1.807, 2.05) is 32.0 Å². The molecule has 0 radical (unpaired) electrons. The standard InChI is InChI=1S/C24H26.2C13H14.C7H8.C2H6/c1-5-18(3)23-15-14-21(20-12-10-17(2)11-13-20)16-24(23)22-9-7-6-8-19(22)4;2*1-11-7-9-13(10-8-11)12-5-3-2-4-6-12;1-7-5-3-2-4-6-7;1-2/h6-16,18H,5H2,1-4H3;3,5-10H,2,4H2,1H3;2-3,5,7-10H,4,6H2,1H3;2-6H,1H3;1-2H3. The maximum Gasteiger partial charge on any atom is -0.0140 e. The van der Waals surface area contributed by atoms with E-state index in [4.69, 9.17) is 0 Å². The molecular weight excluding hydrogens is 709 g/mol. The van der Waals surface area contributed by atoms with Crippen molar-refractivity contribution in [3.8, 4) is 22.3 Å². The molecule has 0 nitrogen and oxygen atoms in total. The summed E-state index contributed by atoms with van der Waals surface area (Å²) < 4.78 is 0. The third-order valence-corrected chi connectivity index (χ3v) is 10.8. The Balaban J connectivity index is 0.000000186. The first-order chi connectivity index (χ1) is 28.7. The molecule has 0 spiro atoms. The van der Waals surface area contributed by atoms with Crippen molar-refractivity contribution in [1.29, 1.82) is 0 Å². The molecule has 0 saturated carbocycles. The van der Waals surface area contributed by atoms with Crippen LogP contribution in [0, 0.1) is 34.6 Å². The molecule has 8 rings (SSSR count).